The van der Waals surface area contributed by atoms with Crippen molar-refractivity contribution in [1.29, 1.82) is 0 Å². The highest BCUT2D eigenvalue weighted by Gasteiger charge is 2.30. The average molecular weight is 216 g/mol. The van der Waals surface area contributed by atoms with E-state index in [1.165, 1.54) is 0 Å². The van der Waals surface area contributed by atoms with E-state index < -0.39 is 17.6 Å². The van der Waals surface area contributed by atoms with Gasteiger partial charge in [-0.05, 0) is 13.3 Å². The number of rotatable bonds is 6. The van der Waals surface area contributed by atoms with Crippen molar-refractivity contribution >= 4 is 12.0 Å². The summed E-state index contributed by atoms with van der Waals surface area (Å²) >= 11 is 0. The van der Waals surface area contributed by atoms with Gasteiger partial charge in [0.05, 0.1) is 6.54 Å². The standard InChI is InChI=1S/C9H16N2O4/c1-3-4-5-10-8(14)11-6-9(2,15)7(12)13/h3,15H,1,4-6H2,2H3,(H,12,13)(H2,10,11,14). The minimum atomic E-state index is -1.95. The molecule has 0 aliphatic heterocycles. The predicted octanol–water partition coefficient (Wildman–Crippen LogP) is -0.303. The topological polar surface area (TPSA) is 98.7 Å². The molecule has 4 N–H and O–H groups in total. The summed E-state index contributed by atoms with van der Waals surface area (Å²) in [5.74, 6) is -1.38. The Hall–Kier alpha value is -1.56. The summed E-state index contributed by atoms with van der Waals surface area (Å²) in [6.45, 7) is 4.66. The molecule has 0 saturated carbocycles. The molecule has 0 aromatic carbocycles. The van der Waals surface area contributed by atoms with Crippen molar-refractivity contribution in [3.05, 3.63) is 12.7 Å². The molecule has 0 aliphatic carbocycles. The van der Waals surface area contributed by atoms with E-state index >= 15 is 0 Å². The molecule has 1 unspecified atom stereocenters. The molecule has 15 heavy (non-hydrogen) atoms. The lowest BCUT2D eigenvalue weighted by Crippen LogP contribution is -2.49. The van der Waals surface area contributed by atoms with E-state index in [4.69, 9.17) is 5.11 Å². The number of nitrogens with one attached hydrogen (secondary N) is 2. The van der Waals surface area contributed by atoms with Gasteiger partial charge in [0.25, 0.3) is 0 Å². The summed E-state index contributed by atoms with van der Waals surface area (Å²) in [6.07, 6.45) is 2.27. The number of carboxylic acid groups (broad SMARTS) is 1. The van der Waals surface area contributed by atoms with E-state index in [0.717, 1.165) is 6.92 Å². The number of aliphatic carboxylic acids is 1. The number of aliphatic hydroxyl groups is 1. The zero-order chi connectivity index (χ0) is 11.9. The number of carbonyl (C=O) groups is 2. The van der Waals surface area contributed by atoms with E-state index in [1.54, 1.807) is 6.08 Å². The van der Waals surface area contributed by atoms with Crippen LogP contribution in [0.2, 0.25) is 0 Å². The van der Waals surface area contributed by atoms with E-state index in [1.807, 2.05) is 0 Å². The Morgan fingerprint density at radius 2 is 2.07 bits per heavy atom. The second-order valence-corrected chi connectivity index (χ2v) is 3.27. The number of carboxylic acids is 1. The summed E-state index contributed by atoms with van der Waals surface area (Å²) in [6, 6.07) is -0.515. The summed E-state index contributed by atoms with van der Waals surface area (Å²) in [4.78, 5) is 21.5. The second-order valence-electron chi connectivity index (χ2n) is 3.27. The van der Waals surface area contributed by atoms with Crippen LogP contribution in [-0.4, -0.2) is 40.9 Å². The highest BCUT2D eigenvalue weighted by molar-refractivity contribution is 5.79. The molecule has 0 bridgehead atoms. The third-order valence-electron chi connectivity index (χ3n) is 1.69. The Balaban J connectivity index is 3.80. The lowest BCUT2D eigenvalue weighted by molar-refractivity contribution is -0.155. The molecule has 0 fully saturated rings. The van der Waals surface area contributed by atoms with Crippen LogP contribution >= 0.6 is 0 Å². The maximum atomic E-state index is 11.0. The number of amides is 2. The Kier molecular flexibility index (Phi) is 5.40. The smallest absolute Gasteiger partial charge is 0.337 e. The first kappa shape index (κ1) is 13.4. The molecule has 1 atom stereocenters. The van der Waals surface area contributed by atoms with E-state index in [0.29, 0.717) is 13.0 Å². The predicted molar refractivity (Wildman–Crippen MR) is 54.5 cm³/mol. The highest BCUT2D eigenvalue weighted by atomic mass is 16.4. The molecule has 6 nitrogen and oxygen atoms in total. The van der Waals surface area contributed by atoms with Crippen LogP contribution in [0.25, 0.3) is 0 Å². The van der Waals surface area contributed by atoms with Crippen LogP contribution in [0, 0.1) is 0 Å². The molecular formula is C9H16N2O4. The van der Waals surface area contributed by atoms with Crippen molar-refractivity contribution in [1.82, 2.24) is 10.6 Å². The van der Waals surface area contributed by atoms with E-state index in [9.17, 15) is 14.7 Å². The summed E-state index contributed by atoms with van der Waals surface area (Å²) in [5.41, 5.74) is -1.95. The minimum absolute atomic E-state index is 0.345. The van der Waals surface area contributed by atoms with Gasteiger partial charge in [0.2, 0.25) is 0 Å². The number of hydrogen-bond acceptors (Lipinski definition) is 3. The van der Waals surface area contributed by atoms with Crippen molar-refractivity contribution in [2.24, 2.45) is 0 Å². The van der Waals surface area contributed by atoms with Crippen LogP contribution in [0.5, 0.6) is 0 Å². The Labute approximate surface area is 88.0 Å². The molecule has 0 radical (unpaired) electrons. The van der Waals surface area contributed by atoms with Gasteiger partial charge in [-0.15, -0.1) is 6.58 Å². The van der Waals surface area contributed by atoms with Gasteiger partial charge in [0.15, 0.2) is 5.60 Å². The highest BCUT2D eigenvalue weighted by Crippen LogP contribution is 2.00. The van der Waals surface area contributed by atoms with Crippen molar-refractivity contribution in [3.63, 3.8) is 0 Å². The molecule has 0 spiro atoms. The first-order chi connectivity index (χ1) is 6.90. The van der Waals surface area contributed by atoms with E-state index in [-0.39, 0.29) is 6.54 Å². The van der Waals surface area contributed by atoms with Crippen molar-refractivity contribution in [2.45, 2.75) is 18.9 Å². The molecule has 0 saturated heterocycles. The van der Waals surface area contributed by atoms with Crippen LogP contribution in [0.3, 0.4) is 0 Å². The number of urea groups is 1. The van der Waals surface area contributed by atoms with Gasteiger partial charge < -0.3 is 20.8 Å². The van der Waals surface area contributed by atoms with Crippen molar-refractivity contribution in [2.75, 3.05) is 13.1 Å². The fourth-order valence-electron chi connectivity index (χ4n) is 0.678. The molecule has 0 aromatic rings. The Morgan fingerprint density at radius 3 is 2.53 bits per heavy atom. The Morgan fingerprint density at radius 1 is 1.47 bits per heavy atom. The summed E-state index contributed by atoms with van der Waals surface area (Å²) in [5, 5.41) is 22.5. The fourth-order valence-corrected chi connectivity index (χ4v) is 0.678. The van der Waals surface area contributed by atoms with Gasteiger partial charge in [0, 0.05) is 6.54 Å². The first-order valence-corrected chi connectivity index (χ1v) is 4.48. The molecule has 0 heterocycles. The molecule has 0 aromatic heterocycles. The Bertz CT molecular complexity index is 250. The van der Waals surface area contributed by atoms with Gasteiger partial charge in [-0.1, -0.05) is 6.08 Å². The largest absolute Gasteiger partial charge is 0.479 e. The quantitative estimate of drug-likeness (QED) is 0.362. The van der Waals surface area contributed by atoms with Gasteiger partial charge in [-0.3, -0.25) is 0 Å². The maximum Gasteiger partial charge on any atom is 0.337 e. The maximum absolute atomic E-state index is 11.0. The van der Waals surface area contributed by atoms with Gasteiger partial charge in [-0.2, -0.15) is 0 Å². The molecule has 0 aliphatic rings. The summed E-state index contributed by atoms with van der Waals surface area (Å²) in [7, 11) is 0. The molecule has 2 amide bonds. The zero-order valence-electron chi connectivity index (χ0n) is 8.62. The molecule has 0 rings (SSSR count). The number of carbonyl (C=O) groups excluding carboxylic acids is 1. The lowest BCUT2D eigenvalue weighted by Gasteiger charge is -2.18. The van der Waals surface area contributed by atoms with Gasteiger partial charge in [0.1, 0.15) is 0 Å². The first-order valence-electron chi connectivity index (χ1n) is 4.48. The zero-order valence-corrected chi connectivity index (χ0v) is 8.62. The fraction of sp³-hybridized carbons (Fsp3) is 0.556. The van der Waals surface area contributed by atoms with Gasteiger partial charge in [-0.25, -0.2) is 9.59 Å². The number of hydrogen-bond donors (Lipinski definition) is 4. The van der Waals surface area contributed by atoms with Crippen LogP contribution in [0.1, 0.15) is 13.3 Å². The third kappa shape index (κ3) is 5.69. The van der Waals surface area contributed by atoms with Gasteiger partial charge >= 0.3 is 12.0 Å². The van der Waals surface area contributed by atoms with Crippen molar-refractivity contribution in [3.8, 4) is 0 Å². The van der Waals surface area contributed by atoms with Crippen LogP contribution in [0.15, 0.2) is 12.7 Å². The molecule has 6 heteroatoms. The molecule has 86 valence electrons. The minimum Gasteiger partial charge on any atom is -0.479 e. The average Bonchev–Trinajstić information content (AvgIpc) is 2.15. The second kappa shape index (κ2) is 6.02. The molecular weight excluding hydrogens is 200 g/mol. The van der Waals surface area contributed by atoms with Crippen LogP contribution in [-0.2, 0) is 4.79 Å². The lowest BCUT2D eigenvalue weighted by atomic mass is 10.1. The van der Waals surface area contributed by atoms with E-state index in [2.05, 4.69) is 17.2 Å². The SMILES string of the molecule is C=CCCNC(=O)NCC(C)(O)C(=O)O. The monoisotopic (exact) mass is 216 g/mol. The van der Waals surface area contributed by atoms with Crippen LogP contribution < -0.4 is 10.6 Å². The van der Waals surface area contributed by atoms with Crippen molar-refractivity contribution < 1.29 is 19.8 Å². The third-order valence-corrected chi connectivity index (χ3v) is 1.69. The summed E-state index contributed by atoms with van der Waals surface area (Å²) < 4.78 is 0. The normalized spacial score (nSPS) is 13.7. The van der Waals surface area contributed by atoms with Crippen LogP contribution in [0.4, 0.5) is 4.79 Å².